The molecule has 3 N–H and O–H groups in total. The summed E-state index contributed by atoms with van der Waals surface area (Å²) in [6, 6.07) is 34.3. The van der Waals surface area contributed by atoms with Crippen molar-refractivity contribution in [1.29, 1.82) is 0 Å². The van der Waals surface area contributed by atoms with Gasteiger partial charge in [-0.15, -0.1) is 11.8 Å². The van der Waals surface area contributed by atoms with Crippen molar-refractivity contribution in [2.75, 3.05) is 16.4 Å². The van der Waals surface area contributed by atoms with E-state index >= 15 is 0 Å². The van der Waals surface area contributed by atoms with Gasteiger partial charge in [-0.1, -0.05) is 88.7 Å². The number of hydrogen-bond acceptors (Lipinski definition) is 6. The predicted octanol–water partition coefficient (Wildman–Crippen LogP) is 7.36. The number of carbonyl (C=O) groups is 5. The molecule has 0 unspecified atom stereocenters. The maximum atomic E-state index is 13.5. The first-order chi connectivity index (χ1) is 23.3. The molecule has 0 bridgehead atoms. The van der Waals surface area contributed by atoms with Crippen LogP contribution in [0.2, 0.25) is 0 Å². The van der Waals surface area contributed by atoms with Crippen molar-refractivity contribution in [3.05, 3.63) is 165 Å². The van der Waals surface area contributed by atoms with Crippen LogP contribution in [-0.2, 0) is 9.59 Å². The van der Waals surface area contributed by atoms with Gasteiger partial charge in [-0.3, -0.25) is 24.0 Å². The lowest BCUT2D eigenvalue weighted by Gasteiger charge is -2.20. The molecule has 1 aliphatic rings. The van der Waals surface area contributed by atoms with E-state index in [0.717, 1.165) is 4.47 Å². The molecular formula is C38H26BrN3O5S. The molecule has 6 rings (SSSR count). The second-order valence-corrected chi connectivity index (χ2v) is 12.6. The van der Waals surface area contributed by atoms with Crippen LogP contribution in [0.3, 0.4) is 0 Å². The maximum absolute atomic E-state index is 13.5. The van der Waals surface area contributed by atoms with E-state index in [9.17, 15) is 24.0 Å². The van der Waals surface area contributed by atoms with E-state index in [-0.39, 0.29) is 45.7 Å². The predicted molar refractivity (Wildman–Crippen MR) is 190 cm³/mol. The molecule has 8 nitrogen and oxygen atoms in total. The highest BCUT2D eigenvalue weighted by Crippen LogP contribution is 2.32. The Labute approximate surface area is 288 Å². The minimum Gasteiger partial charge on any atom is -0.325 e. The molecule has 0 fully saturated rings. The average Bonchev–Trinajstić information content (AvgIpc) is 3.10. The van der Waals surface area contributed by atoms with Gasteiger partial charge in [-0.2, -0.15) is 0 Å². The third-order valence-electron chi connectivity index (χ3n) is 7.38. The molecule has 3 amide bonds. The topological polar surface area (TPSA) is 121 Å². The Bertz CT molecular complexity index is 2130. The van der Waals surface area contributed by atoms with E-state index in [1.807, 2.05) is 24.3 Å². The first kappa shape index (κ1) is 32.4. The first-order valence-corrected chi connectivity index (χ1v) is 16.5. The number of thioether (sulfide) groups is 1. The summed E-state index contributed by atoms with van der Waals surface area (Å²) in [6.07, 6.45) is 1.59. The quantitative estimate of drug-likeness (QED) is 0.106. The molecule has 1 aliphatic carbocycles. The summed E-state index contributed by atoms with van der Waals surface area (Å²) in [6.45, 7) is 0. The first-order valence-electron chi connectivity index (χ1n) is 14.8. The lowest BCUT2D eigenvalue weighted by atomic mass is 9.83. The van der Waals surface area contributed by atoms with Crippen LogP contribution in [0.1, 0.15) is 47.8 Å². The van der Waals surface area contributed by atoms with Gasteiger partial charge < -0.3 is 16.0 Å². The third kappa shape index (κ3) is 7.35. The number of carbonyl (C=O) groups excluding carboxylic acids is 5. The summed E-state index contributed by atoms with van der Waals surface area (Å²) in [7, 11) is 0. The molecule has 10 heteroatoms. The summed E-state index contributed by atoms with van der Waals surface area (Å²) in [4.78, 5) is 66.5. The lowest BCUT2D eigenvalue weighted by molar-refractivity contribution is -0.114. The van der Waals surface area contributed by atoms with Gasteiger partial charge in [0.15, 0.2) is 11.6 Å². The van der Waals surface area contributed by atoms with Crippen molar-refractivity contribution in [2.24, 2.45) is 0 Å². The standard InChI is InChI=1S/C38H26BrN3O5S/c39-25-12-6-9-23(19-25)20-32(42-37(46)24-10-2-1-3-11-24)38(47)40-26-13-7-14-27(21-26)48-22-33(43)41-31-18-8-17-30-34(31)36(45)29-16-5-4-15-28(29)35(30)44/h1-21H,22H2,(H,40,47)(H,41,43)(H,42,46)/b32-20+. The Morgan fingerprint density at radius 3 is 2.15 bits per heavy atom. The highest BCUT2D eigenvalue weighted by molar-refractivity contribution is 9.10. The summed E-state index contributed by atoms with van der Waals surface area (Å²) in [5.41, 5.74) is 2.95. The zero-order valence-electron chi connectivity index (χ0n) is 25.2. The van der Waals surface area contributed by atoms with Gasteiger partial charge in [0.25, 0.3) is 11.8 Å². The number of benzene rings is 5. The minimum absolute atomic E-state index is 0.000954. The van der Waals surface area contributed by atoms with Crippen LogP contribution in [0.5, 0.6) is 0 Å². The Balaban J connectivity index is 1.14. The largest absolute Gasteiger partial charge is 0.325 e. The number of hydrogen-bond donors (Lipinski definition) is 3. The maximum Gasteiger partial charge on any atom is 0.272 e. The van der Waals surface area contributed by atoms with Crippen molar-refractivity contribution >= 4 is 74.4 Å². The second kappa shape index (κ2) is 14.5. The summed E-state index contributed by atoms with van der Waals surface area (Å²) in [5, 5.41) is 8.35. The van der Waals surface area contributed by atoms with Gasteiger partial charge in [0.05, 0.1) is 17.0 Å². The number of anilines is 2. The van der Waals surface area contributed by atoms with E-state index in [1.165, 1.54) is 11.8 Å². The van der Waals surface area contributed by atoms with E-state index in [1.54, 1.807) is 103 Å². The molecule has 0 aromatic heterocycles. The van der Waals surface area contributed by atoms with Gasteiger partial charge in [0.1, 0.15) is 5.70 Å². The molecule has 236 valence electrons. The molecular weight excluding hydrogens is 690 g/mol. The van der Waals surface area contributed by atoms with Crippen molar-refractivity contribution in [2.45, 2.75) is 4.90 Å². The van der Waals surface area contributed by atoms with Crippen LogP contribution >= 0.6 is 27.7 Å². The Hall–Kier alpha value is -5.58. The minimum atomic E-state index is -0.534. The molecule has 0 aliphatic heterocycles. The van der Waals surface area contributed by atoms with Gasteiger partial charge in [-0.05, 0) is 60.2 Å². The average molecular weight is 717 g/mol. The molecule has 0 saturated heterocycles. The van der Waals surface area contributed by atoms with Crippen LogP contribution in [0.25, 0.3) is 6.08 Å². The van der Waals surface area contributed by atoms with Crippen LogP contribution in [0.15, 0.2) is 136 Å². The molecule has 0 radical (unpaired) electrons. The summed E-state index contributed by atoms with van der Waals surface area (Å²) in [5.74, 6) is -1.92. The zero-order chi connectivity index (χ0) is 33.6. The van der Waals surface area contributed by atoms with Gasteiger partial charge in [0.2, 0.25) is 5.91 Å². The van der Waals surface area contributed by atoms with E-state index < -0.39 is 11.8 Å². The van der Waals surface area contributed by atoms with E-state index in [2.05, 4.69) is 31.9 Å². The van der Waals surface area contributed by atoms with E-state index in [0.29, 0.717) is 32.8 Å². The molecule has 5 aromatic carbocycles. The van der Waals surface area contributed by atoms with Gasteiger partial charge >= 0.3 is 0 Å². The molecule has 48 heavy (non-hydrogen) atoms. The fourth-order valence-corrected chi connectivity index (χ4v) is 6.32. The lowest BCUT2D eigenvalue weighted by Crippen LogP contribution is -2.30. The normalized spacial score (nSPS) is 12.1. The Morgan fingerprint density at radius 1 is 0.688 bits per heavy atom. The number of fused-ring (bicyclic) bond motifs is 2. The molecule has 0 saturated carbocycles. The zero-order valence-corrected chi connectivity index (χ0v) is 27.6. The Morgan fingerprint density at radius 2 is 1.38 bits per heavy atom. The number of nitrogens with one attached hydrogen (secondary N) is 3. The summed E-state index contributed by atoms with van der Waals surface area (Å²) < 4.78 is 0.816. The van der Waals surface area contributed by atoms with Crippen LogP contribution in [0.4, 0.5) is 11.4 Å². The fraction of sp³-hybridized carbons (Fsp3) is 0.0263. The molecule has 0 atom stereocenters. The van der Waals surface area contributed by atoms with Crippen LogP contribution < -0.4 is 16.0 Å². The van der Waals surface area contributed by atoms with Crippen molar-refractivity contribution < 1.29 is 24.0 Å². The summed E-state index contributed by atoms with van der Waals surface area (Å²) >= 11 is 4.66. The second-order valence-electron chi connectivity index (χ2n) is 10.7. The van der Waals surface area contributed by atoms with Crippen LogP contribution in [0, 0.1) is 0 Å². The fourth-order valence-electron chi connectivity index (χ4n) is 5.15. The number of amides is 3. The van der Waals surface area contributed by atoms with Gasteiger partial charge in [0, 0.05) is 37.3 Å². The third-order valence-corrected chi connectivity index (χ3v) is 8.86. The van der Waals surface area contributed by atoms with E-state index in [4.69, 9.17) is 0 Å². The van der Waals surface area contributed by atoms with Crippen molar-refractivity contribution in [3.8, 4) is 0 Å². The SMILES string of the molecule is O=C(CSc1cccc(NC(=O)/C(=C\c2cccc(Br)c2)NC(=O)c2ccccc2)c1)Nc1cccc2c1C(=O)c1ccccc1C2=O. The monoisotopic (exact) mass is 715 g/mol. The number of ketones is 2. The van der Waals surface area contributed by atoms with Crippen molar-refractivity contribution in [1.82, 2.24) is 5.32 Å². The van der Waals surface area contributed by atoms with Gasteiger partial charge in [-0.25, -0.2) is 0 Å². The number of halogens is 1. The number of rotatable bonds is 9. The Kier molecular flexibility index (Phi) is 9.75. The van der Waals surface area contributed by atoms with Crippen molar-refractivity contribution in [3.63, 3.8) is 0 Å². The highest BCUT2D eigenvalue weighted by atomic mass is 79.9. The highest BCUT2D eigenvalue weighted by Gasteiger charge is 2.31. The van der Waals surface area contributed by atoms with Crippen LogP contribution in [-0.4, -0.2) is 35.0 Å². The smallest absolute Gasteiger partial charge is 0.272 e. The molecule has 0 heterocycles. The molecule has 5 aromatic rings. The molecule has 0 spiro atoms.